The first-order valence-electron chi connectivity index (χ1n) is 8.55. The van der Waals surface area contributed by atoms with Crippen molar-refractivity contribution in [1.29, 1.82) is 0 Å². The van der Waals surface area contributed by atoms with E-state index in [-0.39, 0.29) is 11.6 Å². The topological polar surface area (TPSA) is 188 Å². The number of aryl methyl sites for hydroxylation is 1. The summed E-state index contributed by atoms with van der Waals surface area (Å²) in [6.45, 7) is 5.02. The van der Waals surface area contributed by atoms with Crippen LogP contribution in [0.25, 0.3) is 0 Å². The van der Waals surface area contributed by atoms with E-state index in [0.717, 1.165) is 5.69 Å². The van der Waals surface area contributed by atoms with Gasteiger partial charge in [-0.05, 0) is 45.0 Å². The molecule has 10 heteroatoms. The van der Waals surface area contributed by atoms with Crippen molar-refractivity contribution >= 4 is 28.9 Å². The van der Waals surface area contributed by atoms with Gasteiger partial charge in [-0.1, -0.05) is 17.7 Å². The molecule has 0 aliphatic heterocycles. The van der Waals surface area contributed by atoms with Gasteiger partial charge in [0.25, 0.3) is 5.69 Å². The highest BCUT2D eigenvalue weighted by molar-refractivity contribution is 5.94. The number of nitro groups is 1. The number of aliphatic carboxylic acids is 1. The maximum Gasteiger partial charge on any atom is 0.320 e. The van der Waals surface area contributed by atoms with Crippen LogP contribution in [-0.2, 0) is 9.59 Å². The number of non-ortho nitro benzene ring substituents is 1. The summed E-state index contributed by atoms with van der Waals surface area (Å²) in [7, 11) is 0. The number of hydrogen-bond acceptors (Lipinski definition) is 7. The molecule has 2 aromatic carbocycles. The van der Waals surface area contributed by atoms with Gasteiger partial charge >= 0.3 is 5.97 Å². The highest BCUT2D eigenvalue weighted by Crippen LogP contribution is 2.15. The summed E-state index contributed by atoms with van der Waals surface area (Å²) in [6.07, 6.45) is 0. The Hall–Kier alpha value is -3.50. The van der Waals surface area contributed by atoms with Crippen molar-refractivity contribution in [3.8, 4) is 0 Å². The molecule has 10 nitrogen and oxygen atoms in total. The van der Waals surface area contributed by atoms with Crippen molar-refractivity contribution in [3.05, 3.63) is 64.2 Å². The molecule has 0 bridgehead atoms. The van der Waals surface area contributed by atoms with Gasteiger partial charge in [0.15, 0.2) is 0 Å². The summed E-state index contributed by atoms with van der Waals surface area (Å²) in [5.41, 5.74) is 18.2. The zero-order chi connectivity index (χ0) is 22.6. The van der Waals surface area contributed by atoms with Crippen LogP contribution < -0.4 is 22.5 Å². The largest absolute Gasteiger partial charge is 0.480 e. The molecule has 0 heterocycles. The zero-order valence-corrected chi connectivity index (χ0v) is 16.5. The Morgan fingerprint density at radius 2 is 1.45 bits per heavy atom. The number of nitrogen functional groups attached to an aromatic ring is 1. The minimum atomic E-state index is -0.963. The van der Waals surface area contributed by atoms with Crippen LogP contribution in [0.4, 0.5) is 17.1 Å². The average molecular weight is 405 g/mol. The molecule has 29 heavy (non-hydrogen) atoms. The van der Waals surface area contributed by atoms with E-state index in [1.165, 1.54) is 36.8 Å². The molecule has 0 spiro atoms. The molecule has 0 saturated carbocycles. The van der Waals surface area contributed by atoms with Gasteiger partial charge in [0, 0.05) is 23.5 Å². The number of nitrogens with one attached hydrogen (secondary N) is 1. The number of hydrogen-bond donors (Lipinski definition) is 5. The molecule has 2 aromatic rings. The Bertz CT molecular complexity index is 769. The Labute approximate surface area is 168 Å². The minimum absolute atomic E-state index is 0.0196. The third-order valence-electron chi connectivity index (χ3n) is 3.23. The summed E-state index contributed by atoms with van der Waals surface area (Å²) < 4.78 is 0. The fourth-order valence-electron chi connectivity index (χ4n) is 1.49. The van der Waals surface area contributed by atoms with Crippen LogP contribution in [0, 0.1) is 17.0 Å². The zero-order valence-electron chi connectivity index (χ0n) is 16.5. The molecular formula is C19H27N5O5. The highest BCUT2D eigenvalue weighted by Gasteiger charge is 2.09. The number of carbonyl (C=O) groups is 2. The first-order chi connectivity index (χ1) is 13.4. The molecule has 0 aromatic heterocycles. The number of nitro benzene ring substituents is 1. The summed E-state index contributed by atoms with van der Waals surface area (Å²) >= 11 is 0. The van der Waals surface area contributed by atoms with Gasteiger partial charge in [-0.2, -0.15) is 0 Å². The Morgan fingerprint density at radius 1 is 1.00 bits per heavy atom. The van der Waals surface area contributed by atoms with Crippen LogP contribution in [0.3, 0.4) is 0 Å². The lowest BCUT2D eigenvalue weighted by molar-refractivity contribution is -0.384. The molecule has 0 radical (unpaired) electrons. The number of benzene rings is 2. The van der Waals surface area contributed by atoms with Crippen molar-refractivity contribution in [2.75, 3.05) is 11.1 Å². The number of carboxylic acid groups (broad SMARTS) is 1. The van der Waals surface area contributed by atoms with E-state index in [1.54, 1.807) is 6.92 Å². The molecule has 2 atom stereocenters. The molecule has 158 valence electrons. The van der Waals surface area contributed by atoms with Crippen LogP contribution in [0.2, 0.25) is 0 Å². The number of carboxylic acids is 1. The van der Waals surface area contributed by atoms with Gasteiger partial charge < -0.3 is 27.6 Å². The van der Waals surface area contributed by atoms with Crippen LogP contribution >= 0.6 is 0 Å². The van der Waals surface area contributed by atoms with Crippen molar-refractivity contribution in [2.45, 2.75) is 32.9 Å². The smallest absolute Gasteiger partial charge is 0.320 e. The van der Waals surface area contributed by atoms with E-state index in [0.29, 0.717) is 5.69 Å². The monoisotopic (exact) mass is 405 g/mol. The molecule has 0 aliphatic carbocycles. The van der Waals surface area contributed by atoms with Crippen LogP contribution in [0.5, 0.6) is 0 Å². The Balaban J connectivity index is 0.000000468. The van der Waals surface area contributed by atoms with E-state index in [1.807, 2.05) is 31.2 Å². The summed E-state index contributed by atoms with van der Waals surface area (Å²) in [4.78, 5) is 30.6. The molecule has 8 N–H and O–H groups in total. The first-order valence-corrected chi connectivity index (χ1v) is 8.55. The fourth-order valence-corrected chi connectivity index (χ4v) is 1.49. The van der Waals surface area contributed by atoms with E-state index in [9.17, 15) is 19.7 Å². The third-order valence-corrected chi connectivity index (χ3v) is 3.23. The number of rotatable bonds is 4. The SMILES string of the molecule is CC(N)C(=O)Nc1ccc([N+](=O)[O-])cc1.CC(N)C(=O)O.Cc1ccc(N)cc1. The lowest BCUT2D eigenvalue weighted by atomic mass is 10.2. The molecule has 1 amide bonds. The number of anilines is 2. The second-order valence-electron chi connectivity index (χ2n) is 6.12. The van der Waals surface area contributed by atoms with E-state index < -0.39 is 23.0 Å². The van der Waals surface area contributed by atoms with E-state index in [4.69, 9.17) is 22.3 Å². The Morgan fingerprint density at radius 3 is 1.76 bits per heavy atom. The first kappa shape index (κ1) is 25.5. The number of amides is 1. The van der Waals surface area contributed by atoms with Gasteiger partial charge in [-0.15, -0.1) is 0 Å². The predicted molar refractivity (Wildman–Crippen MR) is 112 cm³/mol. The maximum atomic E-state index is 11.2. The fraction of sp³-hybridized carbons (Fsp3) is 0.263. The van der Waals surface area contributed by atoms with Crippen LogP contribution in [0.1, 0.15) is 19.4 Å². The average Bonchev–Trinajstić information content (AvgIpc) is 2.65. The molecular weight excluding hydrogens is 378 g/mol. The van der Waals surface area contributed by atoms with Crippen molar-refractivity contribution in [1.82, 2.24) is 0 Å². The second-order valence-corrected chi connectivity index (χ2v) is 6.12. The van der Waals surface area contributed by atoms with Gasteiger partial charge in [0.1, 0.15) is 6.04 Å². The van der Waals surface area contributed by atoms with Gasteiger partial charge in [-0.3, -0.25) is 19.7 Å². The van der Waals surface area contributed by atoms with Crippen molar-refractivity contribution in [2.24, 2.45) is 11.5 Å². The maximum absolute atomic E-state index is 11.2. The summed E-state index contributed by atoms with van der Waals surface area (Å²) in [5.74, 6) is -1.29. The number of nitrogens with two attached hydrogens (primary N) is 3. The number of nitrogens with zero attached hydrogens (tertiary/aromatic N) is 1. The lowest BCUT2D eigenvalue weighted by Crippen LogP contribution is -2.32. The van der Waals surface area contributed by atoms with Crippen LogP contribution in [-0.4, -0.2) is 34.0 Å². The van der Waals surface area contributed by atoms with Crippen molar-refractivity contribution < 1.29 is 19.6 Å². The molecule has 2 unspecified atom stereocenters. The third kappa shape index (κ3) is 11.7. The van der Waals surface area contributed by atoms with Crippen molar-refractivity contribution in [3.63, 3.8) is 0 Å². The highest BCUT2D eigenvalue weighted by atomic mass is 16.6. The molecule has 0 saturated heterocycles. The standard InChI is InChI=1S/C9H11N3O3.C7H9N.C3H7NO2/c1-6(10)9(13)11-7-2-4-8(5-3-7)12(14)15;1-6-2-4-7(8)5-3-6;1-2(4)3(5)6/h2-6H,10H2,1H3,(H,11,13);2-5H,8H2,1H3;2H,4H2,1H3,(H,5,6). The lowest BCUT2D eigenvalue weighted by Gasteiger charge is -2.06. The quantitative estimate of drug-likeness (QED) is 0.289. The molecule has 2 rings (SSSR count). The minimum Gasteiger partial charge on any atom is -0.480 e. The Kier molecular flexibility index (Phi) is 11.3. The van der Waals surface area contributed by atoms with E-state index >= 15 is 0 Å². The molecule has 0 aliphatic rings. The van der Waals surface area contributed by atoms with Gasteiger partial charge in [0.2, 0.25) is 5.91 Å². The van der Waals surface area contributed by atoms with E-state index in [2.05, 4.69) is 5.32 Å². The molecule has 0 fully saturated rings. The second kappa shape index (κ2) is 12.8. The number of carbonyl (C=O) groups excluding carboxylic acids is 1. The normalized spacial score (nSPS) is 11.5. The van der Waals surface area contributed by atoms with Crippen LogP contribution in [0.15, 0.2) is 48.5 Å². The summed E-state index contributed by atoms with van der Waals surface area (Å²) in [5, 5.41) is 20.7. The van der Waals surface area contributed by atoms with Gasteiger partial charge in [0.05, 0.1) is 11.0 Å². The van der Waals surface area contributed by atoms with Gasteiger partial charge in [-0.25, -0.2) is 0 Å². The summed E-state index contributed by atoms with van der Waals surface area (Å²) in [6, 6.07) is 12.0. The predicted octanol–water partition coefficient (Wildman–Crippen LogP) is 1.88.